The van der Waals surface area contributed by atoms with Crippen LogP contribution in [0.2, 0.25) is 0 Å². The molecule has 1 atom stereocenters. The van der Waals surface area contributed by atoms with Crippen LogP contribution in [-0.4, -0.2) is 38.2 Å². The van der Waals surface area contributed by atoms with Crippen molar-refractivity contribution in [2.45, 2.75) is 39.3 Å². The van der Waals surface area contributed by atoms with Gasteiger partial charge in [0, 0.05) is 25.4 Å². The summed E-state index contributed by atoms with van der Waals surface area (Å²) >= 11 is 0. The lowest BCUT2D eigenvalue weighted by Gasteiger charge is -2.24. The third-order valence-electron chi connectivity index (χ3n) is 4.23. The van der Waals surface area contributed by atoms with Gasteiger partial charge in [0.15, 0.2) is 0 Å². The third kappa shape index (κ3) is 3.99. The van der Waals surface area contributed by atoms with Crippen LogP contribution in [0, 0.1) is 6.92 Å². The van der Waals surface area contributed by atoms with Crippen LogP contribution in [0.5, 0.6) is 0 Å². The molecule has 1 aliphatic rings. The van der Waals surface area contributed by atoms with Gasteiger partial charge in [-0.05, 0) is 31.9 Å². The molecule has 0 bridgehead atoms. The van der Waals surface area contributed by atoms with E-state index in [4.69, 9.17) is 0 Å². The van der Waals surface area contributed by atoms with Crippen molar-refractivity contribution >= 4 is 11.8 Å². The van der Waals surface area contributed by atoms with Crippen molar-refractivity contribution in [2.24, 2.45) is 0 Å². The summed E-state index contributed by atoms with van der Waals surface area (Å²) in [5, 5.41) is 2.71. The number of hydrogen-bond acceptors (Lipinski definition) is 5. The van der Waals surface area contributed by atoms with Crippen molar-refractivity contribution in [3.8, 4) is 0 Å². The molecule has 7 heteroatoms. The Morgan fingerprint density at radius 1 is 1.28 bits per heavy atom. The summed E-state index contributed by atoms with van der Waals surface area (Å²) < 4.78 is 0. The predicted molar refractivity (Wildman–Crippen MR) is 91.5 cm³/mol. The van der Waals surface area contributed by atoms with Crippen LogP contribution in [0.3, 0.4) is 0 Å². The number of amides is 2. The quantitative estimate of drug-likeness (QED) is 0.917. The SMILES string of the molecule is CC(=O)NCc1cncc(C2CCCN2C(=O)c2ccc(C)nc2)n1. The van der Waals surface area contributed by atoms with E-state index in [-0.39, 0.29) is 17.9 Å². The highest BCUT2D eigenvalue weighted by Crippen LogP contribution is 2.31. The first-order chi connectivity index (χ1) is 12.0. The first-order valence-corrected chi connectivity index (χ1v) is 8.33. The van der Waals surface area contributed by atoms with Crippen molar-refractivity contribution < 1.29 is 9.59 Å². The van der Waals surface area contributed by atoms with Crippen molar-refractivity contribution in [1.82, 2.24) is 25.2 Å². The molecule has 0 spiro atoms. The first kappa shape index (κ1) is 17.0. The summed E-state index contributed by atoms with van der Waals surface area (Å²) in [4.78, 5) is 38.7. The number of pyridine rings is 1. The van der Waals surface area contributed by atoms with Crippen LogP contribution in [-0.2, 0) is 11.3 Å². The molecule has 25 heavy (non-hydrogen) atoms. The Hall–Kier alpha value is -2.83. The Morgan fingerprint density at radius 2 is 2.12 bits per heavy atom. The molecule has 0 aromatic carbocycles. The Labute approximate surface area is 146 Å². The molecule has 1 saturated heterocycles. The van der Waals surface area contributed by atoms with E-state index in [0.717, 1.165) is 24.2 Å². The van der Waals surface area contributed by atoms with Gasteiger partial charge < -0.3 is 10.2 Å². The molecule has 2 aromatic rings. The van der Waals surface area contributed by atoms with Crippen molar-refractivity contribution in [2.75, 3.05) is 6.54 Å². The molecule has 1 unspecified atom stereocenters. The summed E-state index contributed by atoms with van der Waals surface area (Å²) in [6, 6.07) is 3.55. The van der Waals surface area contributed by atoms with Gasteiger partial charge in [-0.15, -0.1) is 0 Å². The van der Waals surface area contributed by atoms with E-state index in [1.54, 1.807) is 24.7 Å². The number of nitrogens with one attached hydrogen (secondary N) is 1. The Morgan fingerprint density at radius 3 is 2.84 bits per heavy atom. The fourth-order valence-corrected chi connectivity index (χ4v) is 2.96. The summed E-state index contributed by atoms with van der Waals surface area (Å²) in [7, 11) is 0. The highest BCUT2D eigenvalue weighted by Gasteiger charge is 2.32. The predicted octanol–water partition coefficient (Wildman–Crippen LogP) is 1.79. The van der Waals surface area contributed by atoms with Gasteiger partial charge in [0.05, 0.1) is 41.9 Å². The van der Waals surface area contributed by atoms with Gasteiger partial charge in [0.1, 0.15) is 0 Å². The molecule has 0 aliphatic carbocycles. The third-order valence-corrected chi connectivity index (χ3v) is 4.23. The number of carbonyl (C=O) groups is 2. The highest BCUT2D eigenvalue weighted by molar-refractivity contribution is 5.94. The number of rotatable bonds is 4. The van der Waals surface area contributed by atoms with E-state index in [9.17, 15) is 9.59 Å². The van der Waals surface area contributed by atoms with Gasteiger partial charge in [0.2, 0.25) is 5.91 Å². The summed E-state index contributed by atoms with van der Waals surface area (Å²) in [5.41, 5.74) is 2.91. The zero-order valence-corrected chi connectivity index (χ0v) is 14.4. The first-order valence-electron chi connectivity index (χ1n) is 8.33. The van der Waals surface area contributed by atoms with E-state index in [2.05, 4.69) is 20.3 Å². The summed E-state index contributed by atoms with van der Waals surface area (Å²) in [5.74, 6) is -0.152. The summed E-state index contributed by atoms with van der Waals surface area (Å²) in [6.07, 6.45) is 6.72. The zero-order chi connectivity index (χ0) is 17.8. The van der Waals surface area contributed by atoms with Crippen LogP contribution in [0.25, 0.3) is 0 Å². The normalized spacial score (nSPS) is 16.7. The highest BCUT2D eigenvalue weighted by atomic mass is 16.2. The van der Waals surface area contributed by atoms with Gasteiger partial charge in [-0.1, -0.05) is 0 Å². The number of aromatic nitrogens is 3. The largest absolute Gasteiger partial charge is 0.351 e. The molecule has 0 saturated carbocycles. The van der Waals surface area contributed by atoms with Crippen LogP contribution in [0.4, 0.5) is 0 Å². The minimum absolute atomic E-state index is 0.0379. The second-order valence-corrected chi connectivity index (χ2v) is 6.19. The molecule has 130 valence electrons. The Balaban J connectivity index is 1.79. The zero-order valence-electron chi connectivity index (χ0n) is 14.4. The van der Waals surface area contributed by atoms with E-state index in [0.29, 0.717) is 24.3 Å². The molecular weight excluding hydrogens is 318 g/mol. The second kappa shape index (κ2) is 7.38. The van der Waals surface area contributed by atoms with Gasteiger partial charge in [0.25, 0.3) is 5.91 Å². The van der Waals surface area contributed by atoms with Gasteiger partial charge >= 0.3 is 0 Å². The van der Waals surface area contributed by atoms with Crippen LogP contribution in [0.1, 0.15) is 53.2 Å². The fraction of sp³-hybridized carbons (Fsp3) is 0.389. The number of carbonyl (C=O) groups excluding carboxylic acids is 2. The number of hydrogen-bond donors (Lipinski definition) is 1. The topological polar surface area (TPSA) is 88.1 Å². The maximum Gasteiger partial charge on any atom is 0.255 e. The van der Waals surface area contributed by atoms with Crippen LogP contribution < -0.4 is 5.32 Å². The molecule has 3 heterocycles. The molecule has 7 nitrogen and oxygen atoms in total. The summed E-state index contributed by atoms with van der Waals surface area (Å²) in [6.45, 7) is 4.38. The lowest BCUT2D eigenvalue weighted by molar-refractivity contribution is -0.119. The van der Waals surface area contributed by atoms with Crippen molar-refractivity contribution in [1.29, 1.82) is 0 Å². The van der Waals surface area contributed by atoms with E-state index in [1.165, 1.54) is 6.92 Å². The lowest BCUT2D eigenvalue weighted by atomic mass is 10.1. The molecule has 2 aromatic heterocycles. The molecule has 0 radical (unpaired) electrons. The standard InChI is InChI=1S/C18H21N5O2/c1-12-5-6-14(8-20-12)18(25)23-7-3-4-17(23)16-11-19-9-15(22-16)10-21-13(2)24/h5-6,8-9,11,17H,3-4,7,10H2,1-2H3,(H,21,24). The minimum Gasteiger partial charge on any atom is -0.351 e. The fourth-order valence-electron chi connectivity index (χ4n) is 2.96. The van der Waals surface area contributed by atoms with Crippen LogP contribution >= 0.6 is 0 Å². The average molecular weight is 339 g/mol. The van der Waals surface area contributed by atoms with Crippen LogP contribution in [0.15, 0.2) is 30.7 Å². The lowest BCUT2D eigenvalue weighted by Crippen LogP contribution is -2.31. The van der Waals surface area contributed by atoms with Gasteiger partial charge in [-0.3, -0.25) is 24.5 Å². The van der Waals surface area contributed by atoms with Gasteiger partial charge in [-0.25, -0.2) is 0 Å². The van der Waals surface area contributed by atoms with E-state index < -0.39 is 0 Å². The molecule has 3 rings (SSSR count). The average Bonchev–Trinajstić information content (AvgIpc) is 3.10. The maximum atomic E-state index is 12.8. The number of aryl methyl sites for hydroxylation is 1. The number of likely N-dealkylation sites (tertiary alicyclic amines) is 1. The minimum atomic E-state index is -0.114. The van der Waals surface area contributed by atoms with Crippen molar-refractivity contribution in [3.63, 3.8) is 0 Å². The Kier molecular flexibility index (Phi) is 5.02. The van der Waals surface area contributed by atoms with E-state index >= 15 is 0 Å². The molecule has 2 amide bonds. The Bertz CT molecular complexity index is 775. The van der Waals surface area contributed by atoms with E-state index in [1.807, 2.05) is 17.9 Å². The molecule has 1 aliphatic heterocycles. The molecule has 1 fully saturated rings. The maximum absolute atomic E-state index is 12.8. The molecule has 1 N–H and O–H groups in total. The number of nitrogens with zero attached hydrogens (tertiary/aromatic N) is 4. The second-order valence-electron chi connectivity index (χ2n) is 6.19. The molecular formula is C18H21N5O2. The van der Waals surface area contributed by atoms with Crippen molar-refractivity contribution in [3.05, 3.63) is 53.4 Å². The smallest absolute Gasteiger partial charge is 0.255 e. The van der Waals surface area contributed by atoms with Gasteiger partial charge in [-0.2, -0.15) is 0 Å². The monoisotopic (exact) mass is 339 g/mol.